The first-order valence-electron chi connectivity index (χ1n) is 12.6. The number of methoxy groups -OCH3 is 1. The summed E-state index contributed by atoms with van der Waals surface area (Å²) in [5.41, 5.74) is 0.0726. The fourth-order valence-corrected chi connectivity index (χ4v) is 5.14. The molecule has 210 valence electrons. The molecule has 0 saturated carbocycles. The zero-order chi connectivity index (χ0) is 28.2. The summed E-state index contributed by atoms with van der Waals surface area (Å²) in [5, 5.41) is 21.7. The van der Waals surface area contributed by atoms with E-state index in [-0.39, 0.29) is 37.9 Å². The van der Waals surface area contributed by atoms with Gasteiger partial charge in [0.2, 0.25) is 0 Å². The number of halogens is 4. The Morgan fingerprint density at radius 3 is 2.46 bits per heavy atom. The lowest BCUT2D eigenvalue weighted by Crippen LogP contribution is -2.45. The summed E-state index contributed by atoms with van der Waals surface area (Å²) >= 11 is 0. The van der Waals surface area contributed by atoms with Gasteiger partial charge in [-0.3, -0.25) is 14.7 Å². The van der Waals surface area contributed by atoms with Crippen molar-refractivity contribution in [2.45, 2.75) is 38.5 Å². The summed E-state index contributed by atoms with van der Waals surface area (Å²) in [6, 6.07) is 6.18. The van der Waals surface area contributed by atoms with Crippen molar-refractivity contribution in [3.8, 4) is 11.5 Å². The minimum atomic E-state index is -1.13. The van der Waals surface area contributed by atoms with E-state index < -0.39 is 47.4 Å². The van der Waals surface area contributed by atoms with E-state index in [9.17, 15) is 32.6 Å². The molecule has 0 bridgehead atoms. The van der Waals surface area contributed by atoms with E-state index in [4.69, 9.17) is 9.47 Å². The van der Waals surface area contributed by atoms with Gasteiger partial charge in [0.15, 0.2) is 17.4 Å². The van der Waals surface area contributed by atoms with Crippen LogP contribution in [-0.2, 0) is 11.5 Å². The minimum Gasteiger partial charge on any atom is -0.497 e. The highest BCUT2D eigenvalue weighted by molar-refractivity contribution is 5.85. The van der Waals surface area contributed by atoms with Gasteiger partial charge in [-0.25, -0.2) is 17.6 Å². The molecule has 1 aromatic heterocycles. The number of fused-ring (bicyclic) bond motifs is 1. The quantitative estimate of drug-likeness (QED) is 0.318. The average Bonchev–Trinajstić information content (AvgIpc) is 2.92. The number of carboxylic acids is 1. The molecular weight excluding hydrogens is 520 g/mol. The minimum absolute atomic E-state index is 0.0666. The zero-order valence-corrected chi connectivity index (χ0v) is 21.4. The number of likely N-dealkylation sites (tertiary alicyclic amines) is 1. The van der Waals surface area contributed by atoms with Crippen molar-refractivity contribution in [1.82, 2.24) is 9.88 Å². The Bertz CT molecular complexity index is 1300. The molecule has 2 heterocycles. The second kappa shape index (κ2) is 12.2. The third-order valence-corrected chi connectivity index (χ3v) is 7.46. The number of rotatable bonds is 11. The molecule has 1 aliphatic rings. The van der Waals surface area contributed by atoms with Gasteiger partial charge in [0, 0.05) is 35.8 Å². The van der Waals surface area contributed by atoms with Gasteiger partial charge in [-0.05, 0) is 62.5 Å². The molecule has 0 amide bonds. The van der Waals surface area contributed by atoms with Crippen LogP contribution in [0.1, 0.15) is 42.9 Å². The highest BCUT2D eigenvalue weighted by Crippen LogP contribution is 2.40. The van der Waals surface area contributed by atoms with E-state index in [2.05, 4.69) is 4.98 Å². The number of hydrogen-bond acceptors (Lipinski definition) is 6. The molecule has 2 N–H and O–H groups in total. The van der Waals surface area contributed by atoms with Crippen molar-refractivity contribution in [2.24, 2.45) is 5.41 Å². The highest BCUT2D eigenvalue weighted by atomic mass is 19.1. The number of carboxylic acid groups (broad SMARTS) is 1. The van der Waals surface area contributed by atoms with Gasteiger partial charge < -0.3 is 19.7 Å². The second-order valence-corrected chi connectivity index (χ2v) is 9.74. The predicted octanol–water partition coefficient (Wildman–Crippen LogP) is 5.19. The molecule has 3 aromatic rings. The van der Waals surface area contributed by atoms with E-state index in [1.165, 1.54) is 13.3 Å². The lowest BCUT2D eigenvalue weighted by atomic mass is 9.74. The van der Waals surface area contributed by atoms with Crippen molar-refractivity contribution >= 4 is 16.9 Å². The number of nitrogens with zero attached hydrogens (tertiary/aromatic N) is 2. The lowest BCUT2D eigenvalue weighted by molar-refractivity contribution is -0.153. The summed E-state index contributed by atoms with van der Waals surface area (Å²) in [6.07, 6.45) is 1.10. The maximum absolute atomic E-state index is 13.8. The number of aliphatic hydroxyl groups is 1. The molecule has 1 atom stereocenters. The molecule has 0 unspecified atom stereocenters. The van der Waals surface area contributed by atoms with Crippen LogP contribution in [0.2, 0.25) is 0 Å². The van der Waals surface area contributed by atoms with Crippen molar-refractivity contribution in [3.63, 3.8) is 0 Å². The standard InChI is InChI=1S/C28H30F4N2O5/c1-38-19-2-3-23-20(14-19)25(17(15-29)16-33-23)24(35)4-5-28(27(36)37)6-8-34(9-7-28)10-11-39-26-21(31)12-18(30)13-22(26)32/h2-3,12-14,16,24,35H,4-11,15H2,1H3,(H,36,37)/t24-/m0/s1. The number of ether oxygens (including phenoxy) is 2. The number of pyridine rings is 1. The van der Waals surface area contributed by atoms with Crippen LogP contribution in [0, 0.1) is 22.9 Å². The zero-order valence-electron chi connectivity index (χ0n) is 21.4. The van der Waals surface area contributed by atoms with Crippen LogP contribution >= 0.6 is 0 Å². The van der Waals surface area contributed by atoms with Crippen LogP contribution in [-0.4, -0.2) is 59.4 Å². The number of benzene rings is 2. The lowest BCUT2D eigenvalue weighted by Gasteiger charge is -2.39. The van der Waals surface area contributed by atoms with Crippen molar-refractivity contribution in [2.75, 3.05) is 33.4 Å². The van der Waals surface area contributed by atoms with Gasteiger partial charge in [0.25, 0.3) is 0 Å². The predicted molar refractivity (Wildman–Crippen MR) is 135 cm³/mol. The third-order valence-electron chi connectivity index (χ3n) is 7.46. The van der Waals surface area contributed by atoms with E-state index in [1.54, 1.807) is 18.2 Å². The number of hydrogen-bond donors (Lipinski definition) is 2. The number of aliphatic hydroxyl groups excluding tert-OH is 1. The van der Waals surface area contributed by atoms with Crippen molar-refractivity contribution in [3.05, 3.63) is 65.1 Å². The molecular formula is C28H30F4N2O5. The number of aliphatic carboxylic acids is 1. The molecule has 1 saturated heterocycles. The van der Waals surface area contributed by atoms with Gasteiger partial charge in [-0.1, -0.05) is 0 Å². The van der Waals surface area contributed by atoms with Gasteiger partial charge >= 0.3 is 5.97 Å². The summed E-state index contributed by atoms with van der Waals surface area (Å²) in [5.74, 6) is -4.42. The number of carbonyl (C=O) groups is 1. The Labute approximate surface area is 223 Å². The monoisotopic (exact) mass is 550 g/mol. The molecule has 0 aliphatic carbocycles. The van der Waals surface area contributed by atoms with E-state index in [0.717, 1.165) is 0 Å². The third kappa shape index (κ3) is 6.25. The maximum atomic E-state index is 13.8. The Kier molecular flexibility index (Phi) is 8.91. The van der Waals surface area contributed by atoms with Crippen LogP contribution in [0.3, 0.4) is 0 Å². The first-order chi connectivity index (χ1) is 18.7. The van der Waals surface area contributed by atoms with Crippen molar-refractivity contribution < 1.29 is 42.0 Å². The van der Waals surface area contributed by atoms with Crippen LogP contribution in [0.15, 0.2) is 36.5 Å². The van der Waals surface area contributed by atoms with Crippen molar-refractivity contribution in [1.29, 1.82) is 0 Å². The maximum Gasteiger partial charge on any atom is 0.309 e. The molecule has 1 fully saturated rings. The van der Waals surface area contributed by atoms with Gasteiger partial charge in [-0.15, -0.1) is 0 Å². The first-order valence-corrected chi connectivity index (χ1v) is 12.6. The number of alkyl halides is 1. The summed E-state index contributed by atoms with van der Waals surface area (Å²) < 4.78 is 64.9. The van der Waals surface area contributed by atoms with E-state index >= 15 is 0 Å². The van der Waals surface area contributed by atoms with Crippen LogP contribution < -0.4 is 9.47 Å². The van der Waals surface area contributed by atoms with Crippen LogP contribution in [0.5, 0.6) is 11.5 Å². The molecule has 2 aromatic carbocycles. The summed E-state index contributed by atoms with van der Waals surface area (Å²) in [6.45, 7) is 0.179. The number of aromatic nitrogens is 1. The topological polar surface area (TPSA) is 92.1 Å². The summed E-state index contributed by atoms with van der Waals surface area (Å²) in [4.78, 5) is 18.5. The smallest absolute Gasteiger partial charge is 0.309 e. The molecule has 4 rings (SSSR count). The molecule has 11 heteroatoms. The average molecular weight is 551 g/mol. The molecule has 0 radical (unpaired) electrons. The molecule has 39 heavy (non-hydrogen) atoms. The molecule has 0 spiro atoms. The Morgan fingerprint density at radius 1 is 1.15 bits per heavy atom. The fourth-order valence-electron chi connectivity index (χ4n) is 5.14. The highest BCUT2D eigenvalue weighted by Gasteiger charge is 2.41. The molecule has 7 nitrogen and oxygen atoms in total. The fraction of sp³-hybridized carbons (Fsp3) is 0.429. The molecule has 1 aliphatic heterocycles. The van der Waals surface area contributed by atoms with E-state index in [0.29, 0.717) is 54.0 Å². The number of piperidine rings is 1. The Morgan fingerprint density at radius 2 is 1.85 bits per heavy atom. The normalized spacial score (nSPS) is 16.3. The SMILES string of the molecule is COc1ccc2ncc(CF)c([C@@H](O)CCC3(C(=O)O)CCN(CCOc4c(F)cc(F)cc4F)CC3)c2c1. The summed E-state index contributed by atoms with van der Waals surface area (Å²) in [7, 11) is 1.50. The Hall–Kier alpha value is -3.44. The van der Waals surface area contributed by atoms with E-state index in [1.807, 2.05) is 4.90 Å². The van der Waals surface area contributed by atoms with Crippen LogP contribution in [0.25, 0.3) is 10.9 Å². The van der Waals surface area contributed by atoms with Gasteiger partial charge in [0.1, 0.15) is 24.8 Å². The Balaban J connectivity index is 1.39. The largest absolute Gasteiger partial charge is 0.497 e. The first kappa shape index (κ1) is 28.6. The van der Waals surface area contributed by atoms with Gasteiger partial charge in [0.05, 0.1) is 24.1 Å². The second-order valence-electron chi connectivity index (χ2n) is 9.74. The van der Waals surface area contributed by atoms with Gasteiger partial charge in [-0.2, -0.15) is 0 Å². The van der Waals surface area contributed by atoms with Crippen LogP contribution in [0.4, 0.5) is 17.6 Å².